The van der Waals surface area contributed by atoms with Crippen LogP contribution in [0.4, 0.5) is 0 Å². The molecule has 2 nitrogen and oxygen atoms in total. The average molecular weight is 370 g/mol. The third-order valence-electron chi connectivity index (χ3n) is 5.20. The highest BCUT2D eigenvalue weighted by atomic mass is 16.5. The van der Waals surface area contributed by atoms with Crippen LogP contribution in [0, 0.1) is 0 Å². The minimum absolute atomic E-state index is 0.0836. The molecule has 0 radical (unpaired) electrons. The van der Waals surface area contributed by atoms with Crippen LogP contribution in [0.25, 0.3) is 16.7 Å². The molecule has 0 saturated heterocycles. The topological polar surface area (TPSA) is 29.5 Å². The van der Waals surface area contributed by atoms with Crippen LogP contribution >= 0.6 is 0 Å². The normalized spacial score (nSPS) is 13.3. The Labute approximate surface area is 167 Å². The van der Waals surface area contributed by atoms with Gasteiger partial charge in [0.15, 0.2) is 0 Å². The van der Waals surface area contributed by atoms with Crippen molar-refractivity contribution in [3.05, 3.63) is 89.5 Å². The molecule has 1 aliphatic carbocycles. The summed E-state index contributed by atoms with van der Waals surface area (Å²) in [6, 6.07) is 24.7. The first-order valence-electron chi connectivity index (χ1n) is 10.00. The van der Waals surface area contributed by atoms with Gasteiger partial charge in [0.2, 0.25) is 0 Å². The Morgan fingerprint density at radius 2 is 1.54 bits per heavy atom. The Morgan fingerprint density at radius 3 is 2.11 bits per heavy atom. The number of phenols is 1. The molecule has 1 aliphatic rings. The molecule has 28 heavy (non-hydrogen) atoms. The van der Waals surface area contributed by atoms with Crippen LogP contribution in [0.2, 0.25) is 0 Å². The monoisotopic (exact) mass is 370 g/mol. The SMILES string of the molecule is CC(C)Oc1ccc(C(=C2CCC2)c2ccc(-c3ccccc3)cc2)c(O)c1. The molecule has 2 heteroatoms. The number of hydrogen-bond donors (Lipinski definition) is 1. The fourth-order valence-corrected chi connectivity index (χ4v) is 3.68. The van der Waals surface area contributed by atoms with Crippen molar-refractivity contribution >= 4 is 5.57 Å². The summed E-state index contributed by atoms with van der Waals surface area (Å²) in [4.78, 5) is 0. The molecule has 0 aliphatic heterocycles. The molecular weight excluding hydrogens is 344 g/mol. The molecule has 1 saturated carbocycles. The van der Waals surface area contributed by atoms with E-state index in [-0.39, 0.29) is 11.9 Å². The van der Waals surface area contributed by atoms with E-state index in [4.69, 9.17) is 4.74 Å². The number of allylic oxidation sites excluding steroid dienone is 1. The third-order valence-corrected chi connectivity index (χ3v) is 5.20. The number of aromatic hydroxyl groups is 1. The highest BCUT2D eigenvalue weighted by molar-refractivity contribution is 5.86. The summed E-state index contributed by atoms with van der Waals surface area (Å²) in [7, 11) is 0. The summed E-state index contributed by atoms with van der Waals surface area (Å²) in [6.45, 7) is 3.97. The Kier molecular flexibility index (Phi) is 5.21. The number of hydrogen-bond acceptors (Lipinski definition) is 2. The zero-order chi connectivity index (χ0) is 19.5. The molecule has 1 N–H and O–H groups in total. The number of benzene rings is 3. The molecule has 0 atom stereocenters. The maximum atomic E-state index is 10.7. The molecule has 142 valence electrons. The lowest BCUT2D eigenvalue weighted by molar-refractivity contribution is 0.241. The minimum atomic E-state index is 0.0836. The van der Waals surface area contributed by atoms with Gasteiger partial charge in [0.1, 0.15) is 11.5 Å². The van der Waals surface area contributed by atoms with Gasteiger partial charge in [-0.2, -0.15) is 0 Å². The predicted octanol–water partition coefficient (Wildman–Crippen LogP) is 6.83. The third kappa shape index (κ3) is 3.82. The van der Waals surface area contributed by atoms with Gasteiger partial charge in [0.05, 0.1) is 6.10 Å². The van der Waals surface area contributed by atoms with E-state index in [9.17, 15) is 5.11 Å². The molecule has 0 spiro atoms. The van der Waals surface area contributed by atoms with Crippen LogP contribution in [-0.4, -0.2) is 11.2 Å². The summed E-state index contributed by atoms with van der Waals surface area (Å²) in [5.41, 5.74) is 7.04. The van der Waals surface area contributed by atoms with E-state index in [0.717, 1.165) is 24.0 Å². The summed E-state index contributed by atoms with van der Waals surface area (Å²) >= 11 is 0. The molecule has 0 heterocycles. The lowest BCUT2D eigenvalue weighted by Gasteiger charge is -2.24. The van der Waals surface area contributed by atoms with E-state index >= 15 is 0 Å². The fraction of sp³-hybridized carbons (Fsp3) is 0.231. The molecule has 3 aromatic carbocycles. The van der Waals surface area contributed by atoms with Gasteiger partial charge in [0, 0.05) is 11.6 Å². The first kappa shape index (κ1) is 18.4. The number of ether oxygens (including phenoxy) is 1. The first-order valence-corrected chi connectivity index (χ1v) is 10.00. The summed E-state index contributed by atoms with van der Waals surface area (Å²) < 4.78 is 5.72. The van der Waals surface area contributed by atoms with Gasteiger partial charge in [-0.3, -0.25) is 0 Å². The zero-order valence-electron chi connectivity index (χ0n) is 16.5. The second kappa shape index (κ2) is 7.93. The van der Waals surface area contributed by atoms with E-state index in [1.165, 1.54) is 28.7 Å². The van der Waals surface area contributed by atoms with Gasteiger partial charge in [-0.05, 0) is 67.5 Å². The van der Waals surface area contributed by atoms with Gasteiger partial charge >= 0.3 is 0 Å². The lowest BCUT2D eigenvalue weighted by Crippen LogP contribution is -2.06. The van der Waals surface area contributed by atoms with Crippen molar-refractivity contribution in [3.8, 4) is 22.6 Å². The molecule has 3 aromatic rings. The Bertz CT molecular complexity index is 977. The summed E-state index contributed by atoms with van der Waals surface area (Å²) in [5, 5.41) is 10.7. The smallest absolute Gasteiger partial charge is 0.127 e. The Morgan fingerprint density at radius 1 is 0.857 bits per heavy atom. The van der Waals surface area contributed by atoms with E-state index in [2.05, 4.69) is 48.5 Å². The number of phenolic OH excluding ortho intramolecular Hbond substituents is 1. The predicted molar refractivity (Wildman–Crippen MR) is 116 cm³/mol. The fourth-order valence-electron chi connectivity index (χ4n) is 3.68. The van der Waals surface area contributed by atoms with Gasteiger partial charge in [-0.1, -0.05) is 60.2 Å². The van der Waals surface area contributed by atoms with Gasteiger partial charge in [-0.25, -0.2) is 0 Å². The van der Waals surface area contributed by atoms with Crippen molar-refractivity contribution in [3.63, 3.8) is 0 Å². The maximum Gasteiger partial charge on any atom is 0.127 e. The van der Waals surface area contributed by atoms with Crippen LogP contribution in [0.5, 0.6) is 11.5 Å². The van der Waals surface area contributed by atoms with Crippen molar-refractivity contribution in [2.75, 3.05) is 0 Å². The highest BCUT2D eigenvalue weighted by Crippen LogP contribution is 2.41. The van der Waals surface area contributed by atoms with Crippen LogP contribution in [0.1, 0.15) is 44.2 Å². The van der Waals surface area contributed by atoms with Crippen molar-refractivity contribution in [2.45, 2.75) is 39.2 Å². The van der Waals surface area contributed by atoms with Gasteiger partial charge in [0.25, 0.3) is 0 Å². The van der Waals surface area contributed by atoms with E-state index < -0.39 is 0 Å². The van der Waals surface area contributed by atoms with Crippen molar-refractivity contribution in [1.82, 2.24) is 0 Å². The van der Waals surface area contributed by atoms with Crippen molar-refractivity contribution < 1.29 is 9.84 Å². The Hall–Kier alpha value is -3.00. The molecule has 0 bridgehead atoms. The van der Waals surface area contributed by atoms with Crippen molar-refractivity contribution in [2.24, 2.45) is 0 Å². The molecule has 1 fully saturated rings. The molecule has 0 unspecified atom stereocenters. The van der Waals surface area contributed by atoms with Crippen LogP contribution < -0.4 is 4.74 Å². The quantitative estimate of drug-likeness (QED) is 0.533. The molecule has 0 amide bonds. The second-order valence-electron chi connectivity index (χ2n) is 7.62. The zero-order valence-corrected chi connectivity index (χ0v) is 16.5. The van der Waals surface area contributed by atoms with Crippen LogP contribution in [0.3, 0.4) is 0 Å². The number of rotatable bonds is 5. The second-order valence-corrected chi connectivity index (χ2v) is 7.62. The van der Waals surface area contributed by atoms with E-state index in [0.29, 0.717) is 5.75 Å². The van der Waals surface area contributed by atoms with Crippen molar-refractivity contribution in [1.29, 1.82) is 0 Å². The van der Waals surface area contributed by atoms with E-state index in [1.807, 2.05) is 32.0 Å². The Balaban J connectivity index is 1.71. The van der Waals surface area contributed by atoms with Gasteiger partial charge in [-0.15, -0.1) is 0 Å². The largest absolute Gasteiger partial charge is 0.507 e. The van der Waals surface area contributed by atoms with Crippen LogP contribution in [-0.2, 0) is 0 Å². The maximum absolute atomic E-state index is 10.7. The first-order chi connectivity index (χ1) is 13.6. The molecule has 0 aromatic heterocycles. The summed E-state index contributed by atoms with van der Waals surface area (Å²) in [5.74, 6) is 0.980. The lowest BCUT2D eigenvalue weighted by atomic mass is 9.81. The van der Waals surface area contributed by atoms with Gasteiger partial charge < -0.3 is 9.84 Å². The van der Waals surface area contributed by atoms with E-state index in [1.54, 1.807) is 6.07 Å². The van der Waals surface area contributed by atoms with Crippen LogP contribution in [0.15, 0.2) is 78.4 Å². The summed E-state index contributed by atoms with van der Waals surface area (Å²) in [6.07, 6.45) is 3.50. The average Bonchev–Trinajstić information content (AvgIpc) is 2.66. The standard InChI is InChI=1S/C26H26O2/c1-18(2)28-23-15-16-24(25(27)17-23)26(21-9-6-10-21)22-13-11-20(12-14-22)19-7-4-3-5-8-19/h3-5,7-8,11-18,27H,6,9-10H2,1-2H3. The molecule has 4 rings (SSSR count). The molecular formula is C26H26O2. The minimum Gasteiger partial charge on any atom is -0.507 e. The highest BCUT2D eigenvalue weighted by Gasteiger charge is 2.20.